The lowest BCUT2D eigenvalue weighted by Crippen LogP contribution is -2.15. The van der Waals surface area contributed by atoms with Crippen LogP contribution in [0.25, 0.3) is 0 Å². The predicted molar refractivity (Wildman–Crippen MR) is 139 cm³/mol. The zero-order chi connectivity index (χ0) is 24.8. The molecule has 4 N–H and O–H groups in total. The topological polar surface area (TPSA) is 90.2 Å². The fourth-order valence-corrected chi connectivity index (χ4v) is 3.16. The number of benzene rings is 1. The van der Waals surface area contributed by atoms with Crippen molar-refractivity contribution in [2.24, 2.45) is 0 Å². The fourth-order valence-electron chi connectivity index (χ4n) is 3.16. The standard InChI is InChI=1S/C16H34O.C9H12O.C3H8O3/c1-2-3-4-5-6-7-8-9-10-11-12-13-14-15-16-17;1-2-10-8-9-6-4-3-5-7-9;4-1-3(6)2-5/h17H,2-16H2,1H3;3-7H,2,8H2,1H3;3-6H,1-2H2. The van der Waals surface area contributed by atoms with Gasteiger partial charge < -0.3 is 25.2 Å². The molecule has 196 valence electrons. The van der Waals surface area contributed by atoms with Crippen molar-refractivity contribution in [3.05, 3.63) is 35.9 Å². The first-order valence-corrected chi connectivity index (χ1v) is 13.3. The molecule has 1 aromatic carbocycles. The Morgan fingerprint density at radius 1 is 0.636 bits per heavy atom. The Bertz CT molecular complexity index is 423. The second-order valence-electron chi connectivity index (χ2n) is 8.46. The first-order valence-electron chi connectivity index (χ1n) is 13.3. The van der Waals surface area contributed by atoms with Crippen molar-refractivity contribution in [3.8, 4) is 0 Å². The summed E-state index contributed by atoms with van der Waals surface area (Å²) in [6.45, 7) is 5.45. The first-order chi connectivity index (χ1) is 16.2. The molecule has 33 heavy (non-hydrogen) atoms. The number of hydrogen-bond acceptors (Lipinski definition) is 5. The highest BCUT2D eigenvalue weighted by atomic mass is 16.5. The van der Waals surface area contributed by atoms with E-state index in [4.69, 9.17) is 25.2 Å². The molecule has 0 aliphatic heterocycles. The third-order valence-corrected chi connectivity index (χ3v) is 5.25. The van der Waals surface area contributed by atoms with Gasteiger partial charge in [0.05, 0.1) is 19.8 Å². The molecular formula is C28H54O5. The maximum absolute atomic E-state index is 8.64. The molecule has 0 unspecified atom stereocenters. The highest BCUT2D eigenvalue weighted by molar-refractivity contribution is 5.13. The van der Waals surface area contributed by atoms with Crippen LogP contribution in [0.4, 0.5) is 0 Å². The Morgan fingerprint density at radius 2 is 1.06 bits per heavy atom. The van der Waals surface area contributed by atoms with Gasteiger partial charge >= 0.3 is 0 Å². The Kier molecular flexibility index (Phi) is 32.1. The summed E-state index contributed by atoms with van der Waals surface area (Å²) in [4.78, 5) is 0. The summed E-state index contributed by atoms with van der Waals surface area (Å²) in [5.74, 6) is 0. The third-order valence-electron chi connectivity index (χ3n) is 5.25. The van der Waals surface area contributed by atoms with E-state index >= 15 is 0 Å². The fraction of sp³-hybridized carbons (Fsp3) is 0.786. The van der Waals surface area contributed by atoms with Gasteiger partial charge in [0, 0.05) is 13.2 Å². The number of unbranched alkanes of at least 4 members (excludes halogenated alkanes) is 13. The lowest BCUT2D eigenvalue weighted by molar-refractivity contribution is 0.0450. The molecule has 0 heterocycles. The molecule has 5 nitrogen and oxygen atoms in total. The Morgan fingerprint density at radius 3 is 1.39 bits per heavy atom. The molecule has 0 saturated heterocycles. The van der Waals surface area contributed by atoms with E-state index in [1.54, 1.807) is 0 Å². The molecule has 0 radical (unpaired) electrons. The number of hydrogen-bond donors (Lipinski definition) is 4. The van der Waals surface area contributed by atoms with Crippen molar-refractivity contribution in [2.45, 2.75) is 116 Å². The van der Waals surface area contributed by atoms with E-state index in [2.05, 4.69) is 19.1 Å². The summed E-state index contributed by atoms with van der Waals surface area (Å²) in [5.41, 5.74) is 1.24. The van der Waals surface area contributed by atoms with E-state index in [-0.39, 0.29) is 13.2 Å². The van der Waals surface area contributed by atoms with Crippen LogP contribution in [0.2, 0.25) is 0 Å². The van der Waals surface area contributed by atoms with Crippen LogP contribution >= 0.6 is 0 Å². The van der Waals surface area contributed by atoms with E-state index in [9.17, 15) is 0 Å². The van der Waals surface area contributed by atoms with Gasteiger partial charge in [-0.3, -0.25) is 0 Å². The molecule has 0 bridgehead atoms. The lowest BCUT2D eigenvalue weighted by atomic mass is 10.0. The second kappa shape index (κ2) is 31.0. The normalized spacial score (nSPS) is 10.4. The van der Waals surface area contributed by atoms with Gasteiger partial charge in [-0.15, -0.1) is 0 Å². The van der Waals surface area contributed by atoms with Gasteiger partial charge in [0.1, 0.15) is 6.10 Å². The zero-order valence-electron chi connectivity index (χ0n) is 21.6. The average Bonchev–Trinajstić information content (AvgIpc) is 2.86. The van der Waals surface area contributed by atoms with Gasteiger partial charge in [0.2, 0.25) is 0 Å². The molecule has 0 saturated carbocycles. The van der Waals surface area contributed by atoms with E-state index in [1.807, 2.05) is 25.1 Å². The van der Waals surface area contributed by atoms with Crippen LogP contribution in [0.15, 0.2) is 30.3 Å². The average molecular weight is 471 g/mol. The number of aliphatic hydroxyl groups excluding tert-OH is 4. The van der Waals surface area contributed by atoms with Gasteiger partial charge in [-0.2, -0.15) is 0 Å². The Hall–Kier alpha value is -0.980. The molecule has 0 atom stereocenters. The van der Waals surface area contributed by atoms with E-state index in [0.29, 0.717) is 6.61 Å². The van der Waals surface area contributed by atoms with Gasteiger partial charge in [-0.1, -0.05) is 121 Å². The Balaban J connectivity index is 0. The van der Waals surface area contributed by atoms with Crippen molar-refractivity contribution in [1.82, 2.24) is 0 Å². The molecule has 0 amide bonds. The highest BCUT2D eigenvalue weighted by Crippen LogP contribution is 2.12. The quantitative estimate of drug-likeness (QED) is 0.186. The number of ether oxygens (including phenoxy) is 1. The minimum absolute atomic E-state index is 0.365. The minimum atomic E-state index is -0.954. The third kappa shape index (κ3) is 31.0. The van der Waals surface area contributed by atoms with Crippen LogP contribution in [0, 0.1) is 0 Å². The first kappa shape index (κ1) is 34.2. The van der Waals surface area contributed by atoms with Crippen LogP contribution < -0.4 is 0 Å². The second-order valence-corrected chi connectivity index (χ2v) is 8.46. The molecule has 0 aromatic heterocycles. The lowest BCUT2D eigenvalue weighted by Gasteiger charge is -2.02. The van der Waals surface area contributed by atoms with Crippen LogP contribution in [0.3, 0.4) is 0 Å². The zero-order valence-corrected chi connectivity index (χ0v) is 21.6. The van der Waals surface area contributed by atoms with E-state index < -0.39 is 6.10 Å². The van der Waals surface area contributed by atoms with Crippen molar-refractivity contribution in [3.63, 3.8) is 0 Å². The van der Waals surface area contributed by atoms with Crippen LogP contribution in [-0.4, -0.2) is 53.0 Å². The maximum atomic E-state index is 8.64. The molecule has 1 rings (SSSR count). The van der Waals surface area contributed by atoms with Gasteiger partial charge in [-0.25, -0.2) is 0 Å². The van der Waals surface area contributed by atoms with Crippen molar-refractivity contribution in [2.75, 3.05) is 26.4 Å². The van der Waals surface area contributed by atoms with Crippen LogP contribution in [0.5, 0.6) is 0 Å². The minimum Gasteiger partial charge on any atom is -0.396 e. The summed E-state index contributed by atoms with van der Waals surface area (Å²) >= 11 is 0. The van der Waals surface area contributed by atoms with E-state index in [1.165, 1.54) is 89.0 Å². The van der Waals surface area contributed by atoms with Crippen LogP contribution in [0.1, 0.15) is 109 Å². The van der Waals surface area contributed by atoms with Crippen molar-refractivity contribution < 1.29 is 25.2 Å². The molecule has 0 aliphatic carbocycles. The van der Waals surface area contributed by atoms with Crippen molar-refractivity contribution in [1.29, 1.82) is 0 Å². The van der Waals surface area contributed by atoms with E-state index in [0.717, 1.165) is 19.6 Å². The largest absolute Gasteiger partial charge is 0.396 e. The summed E-state index contributed by atoms with van der Waals surface area (Å²) in [5, 5.41) is 32.7. The molecule has 5 heteroatoms. The van der Waals surface area contributed by atoms with Gasteiger partial charge in [-0.05, 0) is 18.9 Å². The molecule has 0 aliphatic rings. The van der Waals surface area contributed by atoms with Crippen molar-refractivity contribution >= 4 is 0 Å². The van der Waals surface area contributed by atoms with Gasteiger partial charge in [0.25, 0.3) is 0 Å². The molecule has 0 fully saturated rings. The SMILES string of the molecule is CCCCCCCCCCCCCCCCO.CCOCc1ccccc1.OCC(O)CO. The molecule has 1 aromatic rings. The summed E-state index contributed by atoms with van der Waals surface area (Å²) in [7, 11) is 0. The number of rotatable bonds is 19. The predicted octanol–water partition coefficient (Wildman–Crippen LogP) is 6.02. The number of aliphatic hydroxyl groups is 4. The molecule has 0 spiro atoms. The smallest absolute Gasteiger partial charge is 0.100 e. The maximum Gasteiger partial charge on any atom is 0.100 e. The van der Waals surface area contributed by atoms with Crippen LogP contribution in [-0.2, 0) is 11.3 Å². The summed E-state index contributed by atoms with van der Waals surface area (Å²) < 4.78 is 5.22. The highest BCUT2D eigenvalue weighted by Gasteiger charge is 1.94. The Labute approximate surface area is 204 Å². The monoisotopic (exact) mass is 470 g/mol. The van der Waals surface area contributed by atoms with Gasteiger partial charge in [0.15, 0.2) is 0 Å². The summed E-state index contributed by atoms with van der Waals surface area (Å²) in [6, 6.07) is 10.2. The summed E-state index contributed by atoms with van der Waals surface area (Å²) in [6.07, 6.45) is 18.3. The molecular weight excluding hydrogens is 416 g/mol.